The number of aryl methyl sites for hydroxylation is 1. The third-order valence-corrected chi connectivity index (χ3v) is 6.11. The lowest BCUT2D eigenvalue weighted by molar-refractivity contribution is 0.0702. The van der Waals surface area contributed by atoms with Crippen LogP contribution in [-0.2, 0) is 6.42 Å². The normalized spacial score (nSPS) is 18.0. The minimum absolute atomic E-state index is 0.00587. The van der Waals surface area contributed by atoms with Crippen LogP contribution >= 0.6 is 11.5 Å². The number of hydrogen-bond donors (Lipinski definition) is 0. The molecule has 2 aliphatic heterocycles. The molecule has 0 N–H and O–H groups in total. The minimum atomic E-state index is -0.00587. The lowest BCUT2D eigenvalue weighted by atomic mass is 9.97. The smallest absolute Gasteiger partial charge is 0.267 e. The molecule has 3 aromatic rings. The van der Waals surface area contributed by atoms with Crippen LogP contribution in [0.25, 0.3) is 11.5 Å². The highest BCUT2D eigenvalue weighted by molar-refractivity contribution is 7.08. The van der Waals surface area contributed by atoms with Crippen molar-refractivity contribution in [2.45, 2.75) is 38.5 Å². The topological polar surface area (TPSA) is 103 Å². The Bertz CT molecular complexity index is 1070. The van der Waals surface area contributed by atoms with Crippen molar-refractivity contribution in [3.63, 3.8) is 0 Å². The molecule has 0 radical (unpaired) electrons. The van der Waals surface area contributed by atoms with E-state index in [2.05, 4.69) is 26.7 Å². The zero-order chi connectivity index (χ0) is 20.5. The van der Waals surface area contributed by atoms with Gasteiger partial charge in [-0.1, -0.05) is 17.8 Å². The second-order valence-corrected chi connectivity index (χ2v) is 8.16. The van der Waals surface area contributed by atoms with Crippen molar-refractivity contribution >= 4 is 17.4 Å². The van der Waals surface area contributed by atoms with Crippen molar-refractivity contribution in [1.82, 2.24) is 24.7 Å². The van der Waals surface area contributed by atoms with Crippen molar-refractivity contribution in [2.24, 2.45) is 0 Å². The molecular formula is C20H21N5O4S. The van der Waals surface area contributed by atoms with E-state index in [4.69, 9.17) is 13.9 Å². The molecule has 0 saturated carbocycles. The molecule has 0 spiro atoms. The quantitative estimate of drug-likeness (QED) is 0.611. The van der Waals surface area contributed by atoms with Crippen LogP contribution in [0.3, 0.4) is 0 Å². The number of fused-ring (bicyclic) bond motifs is 1. The number of carbonyl (C=O) groups is 1. The average Bonchev–Trinajstić information content (AvgIpc) is 3.53. The van der Waals surface area contributed by atoms with Gasteiger partial charge in [-0.05, 0) is 49.0 Å². The van der Waals surface area contributed by atoms with Crippen molar-refractivity contribution in [3.8, 4) is 23.0 Å². The van der Waals surface area contributed by atoms with Crippen LogP contribution < -0.4 is 9.47 Å². The number of hydrogen-bond acceptors (Lipinski definition) is 9. The molecule has 156 valence electrons. The summed E-state index contributed by atoms with van der Waals surface area (Å²) in [7, 11) is 0. The van der Waals surface area contributed by atoms with Crippen molar-refractivity contribution < 1.29 is 18.7 Å². The first-order valence-electron chi connectivity index (χ1n) is 10.1. The molecule has 0 bridgehead atoms. The number of amides is 1. The van der Waals surface area contributed by atoms with Gasteiger partial charge in [0, 0.05) is 18.7 Å². The van der Waals surface area contributed by atoms with Gasteiger partial charge in [0.1, 0.15) is 4.88 Å². The molecule has 1 aromatic carbocycles. The Balaban J connectivity index is 1.32. The predicted molar refractivity (Wildman–Crippen MR) is 108 cm³/mol. The monoisotopic (exact) mass is 427 g/mol. The molecule has 1 fully saturated rings. The molecule has 5 rings (SSSR count). The molecule has 2 aromatic heterocycles. The molecule has 9 nitrogen and oxygen atoms in total. The first kappa shape index (κ1) is 19.0. The Morgan fingerprint density at radius 2 is 2.13 bits per heavy atom. The Kier molecular flexibility index (Phi) is 5.07. The van der Waals surface area contributed by atoms with Gasteiger partial charge in [0.2, 0.25) is 18.6 Å². The number of nitrogens with zero attached hydrogens (tertiary/aromatic N) is 5. The summed E-state index contributed by atoms with van der Waals surface area (Å²) >= 11 is 1.17. The zero-order valence-corrected chi connectivity index (χ0v) is 17.4. The van der Waals surface area contributed by atoms with E-state index in [0.29, 0.717) is 41.2 Å². The van der Waals surface area contributed by atoms with Crippen molar-refractivity contribution in [1.29, 1.82) is 0 Å². The third-order valence-electron chi connectivity index (χ3n) is 5.35. The van der Waals surface area contributed by atoms with Gasteiger partial charge in [-0.3, -0.25) is 4.79 Å². The number of benzene rings is 1. The maximum absolute atomic E-state index is 13.0. The summed E-state index contributed by atoms with van der Waals surface area (Å²) in [6.45, 7) is 3.54. The summed E-state index contributed by atoms with van der Waals surface area (Å²) in [5.74, 6) is 2.37. The van der Waals surface area contributed by atoms with Gasteiger partial charge >= 0.3 is 0 Å². The highest BCUT2D eigenvalue weighted by Gasteiger charge is 2.31. The Hall–Kier alpha value is -3.01. The van der Waals surface area contributed by atoms with E-state index in [1.165, 1.54) is 11.5 Å². The lowest BCUT2D eigenvalue weighted by Gasteiger charge is -2.30. The number of likely N-dealkylation sites (tertiary alicyclic amines) is 1. The molecule has 0 aliphatic carbocycles. The fourth-order valence-electron chi connectivity index (χ4n) is 3.82. The zero-order valence-electron chi connectivity index (χ0n) is 16.5. The van der Waals surface area contributed by atoms with Crippen LogP contribution in [0.1, 0.15) is 53.4 Å². The van der Waals surface area contributed by atoms with Crippen LogP contribution in [0.4, 0.5) is 0 Å². The summed E-state index contributed by atoms with van der Waals surface area (Å²) in [6, 6.07) is 5.54. The summed E-state index contributed by atoms with van der Waals surface area (Å²) in [5, 5.41) is 12.6. The Morgan fingerprint density at radius 3 is 3.03 bits per heavy atom. The molecule has 1 atom stereocenters. The standard InChI is InChI=1S/C20H21N5O4S/c1-2-4-14-17(30-24-21-14)20(26)25-8-3-5-13(10-25)19-23-22-18(29-19)12-6-7-15-16(9-12)28-11-27-15/h6-7,9,13H,2-5,8,10-11H2,1H3. The van der Waals surface area contributed by atoms with E-state index in [1.54, 1.807) is 0 Å². The number of carbonyl (C=O) groups excluding carboxylic acids is 1. The molecule has 2 aliphatic rings. The molecule has 4 heterocycles. The van der Waals surface area contributed by atoms with E-state index >= 15 is 0 Å². The predicted octanol–water partition coefficient (Wildman–Crippen LogP) is 3.29. The maximum atomic E-state index is 13.0. The fraction of sp³-hybridized carbons (Fsp3) is 0.450. The van der Waals surface area contributed by atoms with Gasteiger partial charge in [-0.2, -0.15) is 0 Å². The molecule has 1 saturated heterocycles. The van der Waals surface area contributed by atoms with Gasteiger partial charge in [0.25, 0.3) is 5.91 Å². The summed E-state index contributed by atoms with van der Waals surface area (Å²) in [5.41, 5.74) is 1.57. The van der Waals surface area contributed by atoms with Crippen molar-refractivity contribution in [3.05, 3.63) is 34.7 Å². The van der Waals surface area contributed by atoms with Crippen LogP contribution in [0, 0.1) is 0 Å². The summed E-state index contributed by atoms with van der Waals surface area (Å²) in [6.07, 6.45) is 3.47. The lowest BCUT2D eigenvalue weighted by Crippen LogP contribution is -2.39. The molecule has 10 heteroatoms. The summed E-state index contributed by atoms with van der Waals surface area (Å²) in [4.78, 5) is 15.5. The van der Waals surface area contributed by atoms with E-state index in [9.17, 15) is 4.79 Å². The second-order valence-electron chi connectivity index (χ2n) is 7.40. The average molecular weight is 427 g/mol. The Labute approximate surface area is 177 Å². The third kappa shape index (κ3) is 3.51. The highest BCUT2D eigenvalue weighted by atomic mass is 32.1. The SMILES string of the molecule is CCCc1nnsc1C(=O)N1CCCC(c2nnc(-c3ccc4c(c3)OCO4)o2)C1. The van der Waals surface area contributed by atoms with Crippen LogP contribution in [0.5, 0.6) is 11.5 Å². The fourth-order valence-corrected chi connectivity index (χ4v) is 4.50. The number of piperidine rings is 1. The molecular weight excluding hydrogens is 406 g/mol. The van der Waals surface area contributed by atoms with E-state index in [0.717, 1.165) is 36.9 Å². The number of rotatable bonds is 5. The van der Waals surface area contributed by atoms with Gasteiger partial charge in [-0.15, -0.1) is 15.3 Å². The number of aromatic nitrogens is 4. The molecule has 30 heavy (non-hydrogen) atoms. The first-order chi connectivity index (χ1) is 14.7. The van der Waals surface area contributed by atoms with Crippen LogP contribution in [0.15, 0.2) is 22.6 Å². The minimum Gasteiger partial charge on any atom is -0.454 e. The van der Waals surface area contributed by atoms with Gasteiger partial charge in [-0.25, -0.2) is 0 Å². The van der Waals surface area contributed by atoms with E-state index < -0.39 is 0 Å². The first-order valence-corrected chi connectivity index (χ1v) is 10.8. The largest absolute Gasteiger partial charge is 0.454 e. The van der Waals surface area contributed by atoms with Gasteiger partial charge in [0.15, 0.2) is 11.5 Å². The van der Waals surface area contributed by atoms with Crippen LogP contribution in [0.2, 0.25) is 0 Å². The van der Waals surface area contributed by atoms with Gasteiger partial charge < -0.3 is 18.8 Å². The highest BCUT2D eigenvalue weighted by Crippen LogP contribution is 2.36. The van der Waals surface area contributed by atoms with E-state index in [-0.39, 0.29) is 18.6 Å². The van der Waals surface area contributed by atoms with E-state index in [1.807, 2.05) is 23.1 Å². The second kappa shape index (κ2) is 8.02. The van der Waals surface area contributed by atoms with Crippen molar-refractivity contribution in [2.75, 3.05) is 19.9 Å². The Morgan fingerprint density at radius 1 is 1.23 bits per heavy atom. The van der Waals surface area contributed by atoms with Gasteiger partial charge in [0.05, 0.1) is 11.6 Å². The maximum Gasteiger partial charge on any atom is 0.267 e. The molecule has 1 amide bonds. The van der Waals surface area contributed by atoms with Crippen LogP contribution in [-0.4, -0.2) is 50.5 Å². The number of ether oxygens (including phenoxy) is 2. The summed E-state index contributed by atoms with van der Waals surface area (Å²) < 4.78 is 20.7. The molecule has 1 unspecified atom stereocenters.